The standard InChI is InChI=1S/C9H10N4S/c1-6-13-8(5-14-6)9(10)7-4-11-2-3-12-7/h2-5,9H,10H2,1H3. The Morgan fingerprint density at radius 1 is 1.36 bits per heavy atom. The Labute approximate surface area is 85.9 Å². The lowest BCUT2D eigenvalue weighted by Gasteiger charge is -2.06. The summed E-state index contributed by atoms with van der Waals surface area (Å²) < 4.78 is 0. The first-order chi connectivity index (χ1) is 6.77. The lowest BCUT2D eigenvalue weighted by Crippen LogP contribution is -2.14. The van der Waals surface area contributed by atoms with E-state index in [1.165, 1.54) is 0 Å². The maximum absolute atomic E-state index is 5.97. The Bertz CT molecular complexity index is 412. The van der Waals surface area contributed by atoms with Crippen molar-refractivity contribution in [3.05, 3.63) is 40.4 Å². The zero-order valence-electron chi connectivity index (χ0n) is 7.71. The van der Waals surface area contributed by atoms with Gasteiger partial charge in [-0.05, 0) is 6.92 Å². The van der Waals surface area contributed by atoms with Crippen LogP contribution in [0.25, 0.3) is 0 Å². The molecule has 4 nitrogen and oxygen atoms in total. The molecule has 0 aliphatic rings. The van der Waals surface area contributed by atoms with Crippen molar-refractivity contribution >= 4 is 11.3 Å². The van der Waals surface area contributed by atoms with Crippen LogP contribution in [0.3, 0.4) is 0 Å². The fraction of sp³-hybridized carbons (Fsp3) is 0.222. The van der Waals surface area contributed by atoms with Crippen molar-refractivity contribution < 1.29 is 0 Å². The topological polar surface area (TPSA) is 64.7 Å². The quantitative estimate of drug-likeness (QED) is 0.804. The van der Waals surface area contributed by atoms with E-state index in [9.17, 15) is 0 Å². The average molecular weight is 206 g/mol. The van der Waals surface area contributed by atoms with Crippen molar-refractivity contribution in [2.24, 2.45) is 5.73 Å². The van der Waals surface area contributed by atoms with Gasteiger partial charge in [0, 0.05) is 17.8 Å². The summed E-state index contributed by atoms with van der Waals surface area (Å²) in [5.74, 6) is 0. The molecule has 0 aliphatic heterocycles. The van der Waals surface area contributed by atoms with Gasteiger partial charge in [0.05, 0.1) is 28.6 Å². The predicted octanol–water partition coefficient (Wildman–Crippen LogP) is 1.29. The molecule has 1 atom stereocenters. The fourth-order valence-corrected chi connectivity index (χ4v) is 1.79. The second kappa shape index (κ2) is 3.81. The largest absolute Gasteiger partial charge is 0.318 e. The van der Waals surface area contributed by atoms with E-state index in [4.69, 9.17) is 5.73 Å². The van der Waals surface area contributed by atoms with Crippen LogP contribution in [-0.2, 0) is 0 Å². The molecule has 0 saturated carbocycles. The van der Waals surface area contributed by atoms with Gasteiger partial charge < -0.3 is 5.73 Å². The molecular formula is C9H10N4S. The van der Waals surface area contributed by atoms with Gasteiger partial charge in [-0.2, -0.15) is 0 Å². The van der Waals surface area contributed by atoms with Crippen LogP contribution in [0.2, 0.25) is 0 Å². The molecule has 0 aromatic carbocycles. The van der Waals surface area contributed by atoms with Crippen LogP contribution in [0.5, 0.6) is 0 Å². The number of hydrogen-bond donors (Lipinski definition) is 1. The highest BCUT2D eigenvalue weighted by atomic mass is 32.1. The van der Waals surface area contributed by atoms with Gasteiger partial charge >= 0.3 is 0 Å². The highest BCUT2D eigenvalue weighted by molar-refractivity contribution is 7.09. The lowest BCUT2D eigenvalue weighted by molar-refractivity contribution is 0.790. The molecule has 0 fully saturated rings. The van der Waals surface area contributed by atoms with Gasteiger partial charge in [0.2, 0.25) is 0 Å². The number of rotatable bonds is 2. The van der Waals surface area contributed by atoms with Crippen molar-refractivity contribution in [2.75, 3.05) is 0 Å². The fourth-order valence-electron chi connectivity index (χ4n) is 1.15. The van der Waals surface area contributed by atoms with Crippen molar-refractivity contribution in [3.8, 4) is 0 Å². The molecule has 0 aliphatic carbocycles. The van der Waals surface area contributed by atoms with Gasteiger partial charge in [0.1, 0.15) is 0 Å². The summed E-state index contributed by atoms with van der Waals surface area (Å²) in [6.07, 6.45) is 4.93. The van der Waals surface area contributed by atoms with Crippen LogP contribution in [-0.4, -0.2) is 15.0 Å². The van der Waals surface area contributed by atoms with Crippen LogP contribution >= 0.6 is 11.3 Å². The Kier molecular flexibility index (Phi) is 2.51. The van der Waals surface area contributed by atoms with Crippen LogP contribution < -0.4 is 5.73 Å². The van der Waals surface area contributed by atoms with E-state index >= 15 is 0 Å². The van der Waals surface area contributed by atoms with Crippen LogP contribution in [0, 0.1) is 6.92 Å². The molecule has 0 radical (unpaired) electrons. The summed E-state index contributed by atoms with van der Waals surface area (Å²) in [7, 11) is 0. The maximum Gasteiger partial charge on any atom is 0.0924 e. The van der Waals surface area contributed by atoms with Crippen LogP contribution in [0.4, 0.5) is 0 Å². The summed E-state index contributed by atoms with van der Waals surface area (Å²) in [6, 6.07) is -0.270. The zero-order valence-corrected chi connectivity index (χ0v) is 8.53. The minimum absolute atomic E-state index is 0.270. The molecule has 2 N–H and O–H groups in total. The molecule has 72 valence electrons. The van der Waals surface area contributed by atoms with Crippen molar-refractivity contribution in [3.63, 3.8) is 0 Å². The highest BCUT2D eigenvalue weighted by Gasteiger charge is 2.12. The van der Waals surface area contributed by atoms with E-state index in [1.807, 2.05) is 12.3 Å². The molecular weight excluding hydrogens is 196 g/mol. The first-order valence-corrected chi connectivity index (χ1v) is 5.09. The zero-order chi connectivity index (χ0) is 9.97. The third-order valence-electron chi connectivity index (χ3n) is 1.86. The van der Waals surface area contributed by atoms with E-state index in [1.54, 1.807) is 29.9 Å². The first kappa shape index (κ1) is 9.23. The summed E-state index contributed by atoms with van der Waals surface area (Å²) in [6.45, 7) is 1.96. The van der Waals surface area contributed by atoms with Crippen LogP contribution in [0.15, 0.2) is 24.0 Å². The summed E-state index contributed by atoms with van der Waals surface area (Å²) in [5, 5.41) is 2.97. The average Bonchev–Trinajstić information content (AvgIpc) is 2.65. The number of nitrogens with zero attached hydrogens (tertiary/aromatic N) is 3. The normalized spacial score (nSPS) is 12.7. The smallest absolute Gasteiger partial charge is 0.0924 e. The van der Waals surface area contributed by atoms with Crippen molar-refractivity contribution in [1.82, 2.24) is 15.0 Å². The van der Waals surface area contributed by atoms with Gasteiger partial charge in [-0.3, -0.25) is 9.97 Å². The monoisotopic (exact) mass is 206 g/mol. The molecule has 14 heavy (non-hydrogen) atoms. The van der Waals surface area contributed by atoms with Gasteiger partial charge in [-0.1, -0.05) is 0 Å². The molecule has 0 spiro atoms. The van der Waals surface area contributed by atoms with E-state index in [-0.39, 0.29) is 6.04 Å². The number of aryl methyl sites for hydroxylation is 1. The number of nitrogens with two attached hydrogens (primary N) is 1. The molecule has 2 aromatic rings. The van der Waals surface area contributed by atoms with Gasteiger partial charge in [-0.15, -0.1) is 11.3 Å². The first-order valence-electron chi connectivity index (χ1n) is 4.21. The molecule has 5 heteroatoms. The van der Waals surface area contributed by atoms with E-state index in [0.717, 1.165) is 16.4 Å². The Morgan fingerprint density at radius 2 is 2.21 bits per heavy atom. The van der Waals surface area contributed by atoms with Crippen molar-refractivity contribution in [2.45, 2.75) is 13.0 Å². The minimum Gasteiger partial charge on any atom is -0.318 e. The molecule has 0 saturated heterocycles. The maximum atomic E-state index is 5.97. The number of thiazole rings is 1. The molecule has 1 unspecified atom stereocenters. The van der Waals surface area contributed by atoms with Gasteiger partial charge in [-0.25, -0.2) is 4.98 Å². The van der Waals surface area contributed by atoms with E-state index < -0.39 is 0 Å². The highest BCUT2D eigenvalue weighted by Crippen LogP contribution is 2.18. The predicted molar refractivity (Wildman–Crippen MR) is 54.9 cm³/mol. The van der Waals surface area contributed by atoms with Gasteiger partial charge in [0.15, 0.2) is 0 Å². The minimum atomic E-state index is -0.270. The SMILES string of the molecule is Cc1nc(C(N)c2cnccn2)cs1. The van der Waals surface area contributed by atoms with E-state index in [2.05, 4.69) is 15.0 Å². The number of hydrogen-bond acceptors (Lipinski definition) is 5. The Hall–Kier alpha value is -1.33. The molecule has 2 heterocycles. The summed E-state index contributed by atoms with van der Waals surface area (Å²) in [4.78, 5) is 12.4. The number of aromatic nitrogens is 3. The molecule has 0 amide bonds. The van der Waals surface area contributed by atoms with E-state index in [0.29, 0.717) is 0 Å². The summed E-state index contributed by atoms with van der Waals surface area (Å²) in [5.41, 5.74) is 7.57. The summed E-state index contributed by atoms with van der Waals surface area (Å²) >= 11 is 1.59. The third-order valence-corrected chi connectivity index (χ3v) is 2.65. The molecule has 2 aromatic heterocycles. The van der Waals surface area contributed by atoms with Crippen LogP contribution in [0.1, 0.15) is 22.4 Å². The van der Waals surface area contributed by atoms with Gasteiger partial charge in [0.25, 0.3) is 0 Å². The van der Waals surface area contributed by atoms with Crippen molar-refractivity contribution in [1.29, 1.82) is 0 Å². The molecule has 0 bridgehead atoms. The Morgan fingerprint density at radius 3 is 2.79 bits per heavy atom. The molecule has 2 rings (SSSR count). The Balaban J connectivity index is 2.29. The second-order valence-corrected chi connectivity index (χ2v) is 3.96. The third kappa shape index (κ3) is 1.78. The second-order valence-electron chi connectivity index (χ2n) is 2.90. The lowest BCUT2D eigenvalue weighted by atomic mass is 10.2.